The fourth-order valence-corrected chi connectivity index (χ4v) is 2.69. The standard InChI is InChI=1S/C16H26N2O5S/c1-3-24(20,21)18(2)11-7-10-17-16(19)14-22-12-13-23-15-8-5-4-6-9-15/h4-6,8-9H,3,7,10-14H2,1-2H3,(H,17,19). The molecule has 136 valence electrons. The Balaban J connectivity index is 2.02. The third-order valence-electron chi connectivity index (χ3n) is 3.28. The highest BCUT2D eigenvalue weighted by molar-refractivity contribution is 7.89. The van der Waals surface area contributed by atoms with Crippen LogP contribution in [0.4, 0.5) is 0 Å². The summed E-state index contributed by atoms with van der Waals surface area (Å²) >= 11 is 0. The lowest BCUT2D eigenvalue weighted by Gasteiger charge is -2.15. The van der Waals surface area contributed by atoms with Gasteiger partial charge in [-0.15, -0.1) is 0 Å². The van der Waals surface area contributed by atoms with Gasteiger partial charge in [-0.3, -0.25) is 4.79 Å². The first-order chi connectivity index (χ1) is 11.5. The summed E-state index contributed by atoms with van der Waals surface area (Å²) in [6.07, 6.45) is 0.554. The summed E-state index contributed by atoms with van der Waals surface area (Å²) in [4.78, 5) is 11.6. The Kier molecular flexibility index (Phi) is 9.36. The summed E-state index contributed by atoms with van der Waals surface area (Å²) in [5.41, 5.74) is 0. The summed E-state index contributed by atoms with van der Waals surface area (Å²) in [7, 11) is -1.62. The fraction of sp³-hybridized carbons (Fsp3) is 0.562. The Hall–Kier alpha value is -1.64. The number of ether oxygens (including phenoxy) is 2. The van der Waals surface area contributed by atoms with Crippen LogP contribution in [0.5, 0.6) is 5.75 Å². The van der Waals surface area contributed by atoms with Crippen LogP contribution < -0.4 is 10.1 Å². The van der Waals surface area contributed by atoms with Gasteiger partial charge >= 0.3 is 0 Å². The van der Waals surface area contributed by atoms with Gasteiger partial charge in [0.25, 0.3) is 0 Å². The van der Waals surface area contributed by atoms with E-state index in [9.17, 15) is 13.2 Å². The molecule has 1 aromatic carbocycles. The fourth-order valence-electron chi connectivity index (χ4n) is 1.84. The second-order valence-electron chi connectivity index (χ2n) is 5.14. The van der Waals surface area contributed by atoms with Crippen molar-refractivity contribution in [2.75, 3.05) is 45.7 Å². The number of nitrogens with zero attached hydrogens (tertiary/aromatic N) is 1. The Bertz CT molecular complexity index is 577. The van der Waals surface area contributed by atoms with E-state index in [1.807, 2.05) is 30.3 Å². The minimum absolute atomic E-state index is 0.0404. The van der Waals surface area contributed by atoms with Gasteiger partial charge in [0.05, 0.1) is 12.4 Å². The summed E-state index contributed by atoms with van der Waals surface area (Å²) < 4.78 is 35.0. The normalized spacial score (nSPS) is 11.5. The molecule has 0 aliphatic heterocycles. The van der Waals surface area contributed by atoms with E-state index in [0.29, 0.717) is 32.7 Å². The molecular formula is C16H26N2O5S. The van der Waals surface area contributed by atoms with Gasteiger partial charge in [-0.25, -0.2) is 12.7 Å². The number of hydrogen-bond acceptors (Lipinski definition) is 5. The zero-order chi connectivity index (χ0) is 17.8. The van der Waals surface area contributed by atoms with Crippen molar-refractivity contribution in [1.82, 2.24) is 9.62 Å². The molecule has 0 bridgehead atoms. The molecule has 24 heavy (non-hydrogen) atoms. The van der Waals surface area contributed by atoms with E-state index in [0.717, 1.165) is 5.75 Å². The largest absolute Gasteiger partial charge is 0.491 e. The highest BCUT2D eigenvalue weighted by atomic mass is 32.2. The third kappa shape index (κ3) is 8.28. The SMILES string of the molecule is CCS(=O)(=O)N(C)CCCNC(=O)COCCOc1ccccc1. The van der Waals surface area contributed by atoms with Crippen molar-refractivity contribution < 1.29 is 22.7 Å². The number of rotatable bonds is 12. The average molecular weight is 358 g/mol. The van der Waals surface area contributed by atoms with Crippen LogP contribution in [0.15, 0.2) is 30.3 Å². The molecule has 0 radical (unpaired) electrons. The molecule has 0 aliphatic rings. The molecule has 1 N–H and O–H groups in total. The lowest BCUT2D eigenvalue weighted by Crippen LogP contribution is -2.33. The molecule has 0 atom stereocenters. The van der Waals surface area contributed by atoms with Crippen LogP contribution in [0.2, 0.25) is 0 Å². The summed E-state index contributed by atoms with van der Waals surface area (Å²) in [5, 5.41) is 2.69. The first kappa shape index (κ1) is 20.4. The molecule has 0 spiro atoms. The molecule has 8 heteroatoms. The van der Waals surface area contributed by atoms with E-state index in [2.05, 4.69) is 5.32 Å². The lowest BCUT2D eigenvalue weighted by molar-refractivity contribution is -0.125. The van der Waals surface area contributed by atoms with Gasteiger partial charge in [0.1, 0.15) is 19.0 Å². The number of benzene rings is 1. The Morgan fingerprint density at radius 2 is 1.92 bits per heavy atom. The predicted octanol–water partition coefficient (Wildman–Crippen LogP) is 0.870. The van der Waals surface area contributed by atoms with Crippen LogP contribution in [-0.4, -0.2) is 64.3 Å². The summed E-state index contributed by atoms with van der Waals surface area (Å²) in [6, 6.07) is 9.37. The molecule has 1 amide bonds. The monoisotopic (exact) mass is 358 g/mol. The van der Waals surface area contributed by atoms with Crippen LogP contribution in [0.1, 0.15) is 13.3 Å². The molecule has 1 aromatic rings. The number of amides is 1. The second-order valence-corrected chi connectivity index (χ2v) is 7.50. The molecule has 0 unspecified atom stereocenters. The molecule has 0 fully saturated rings. The predicted molar refractivity (Wildman–Crippen MR) is 92.5 cm³/mol. The quantitative estimate of drug-likeness (QED) is 0.561. The van der Waals surface area contributed by atoms with Crippen LogP contribution >= 0.6 is 0 Å². The van der Waals surface area contributed by atoms with E-state index in [-0.39, 0.29) is 18.3 Å². The lowest BCUT2D eigenvalue weighted by atomic mass is 10.3. The zero-order valence-corrected chi connectivity index (χ0v) is 15.0. The number of para-hydroxylation sites is 1. The van der Waals surface area contributed by atoms with Crippen LogP contribution in [0.25, 0.3) is 0 Å². The van der Waals surface area contributed by atoms with Gasteiger partial charge in [0, 0.05) is 20.1 Å². The van der Waals surface area contributed by atoms with Crippen molar-refractivity contribution in [3.63, 3.8) is 0 Å². The first-order valence-corrected chi connectivity index (χ1v) is 9.53. The zero-order valence-electron chi connectivity index (χ0n) is 14.2. The van der Waals surface area contributed by atoms with Crippen LogP contribution in [0.3, 0.4) is 0 Å². The minimum Gasteiger partial charge on any atom is -0.491 e. The molecule has 0 saturated carbocycles. The number of hydrogen-bond donors (Lipinski definition) is 1. The molecule has 0 aliphatic carbocycles. The van der Waals surface area contributed by atoms with Crippen molar-refractivity contribution >= 4 is 15.9 Å². The van der Waals surface area contributed by atoms with Crippen molar-refractivity contribution in [1.29, 1.82) is 0 Å². The maximum atomic E-state index is 11.6. The molecule has 1 rings (SSSR count). The second kappa shape index (κ2) is 11.0. The van der Waals surface area contributed by atoms with Crippen molar-refractivity contribution in [2.24, 2.45) is 0 Å². The smallest absolute Gasteiger partial charge is 0.246 e. The minimum atomic E-state index is -3.16. The van der Waals surface area contributed by atoms with Crippen LogP contribution in [-0.2, 0) is 19.6 Å². The van der Waals surface area contributed by atoms with E-state index in [1.54, 1.807) is 6.92 Å². The van der Waals surface area contributed by atoms with Gasteiger partial charge < -0.3 is 14.8 Å². The van der Waals surface area contributed by atoms with Crippen LogP contribution in [0, 0.1) is 0 Å². The third-order valence-corrected chi connectivity index (χ3v) is 5.15. The first-order valence-electron chi connectivity index (χ1n) is 7.92. The van der Waals surface area contributed by atoms with E-state index >= 15 is 0 Å². The van der Waals surface area contributed by atoms with Crippen molar-refractivity contribution in [3.05, 3.63) is 30.3 Å². The van der Waals surface area contributed by atoms with Gasteiger partial charge in [0.2, 0.25) is 15.9 Å². The van der Waals surface area contributed by atoms with E-state index in [1.165, 1.54) is 11.4 Å². The maximum Gasteiger partial charge on any atom is 0.246 e. The number of sulfonamides is 1. The van der Waals surface area contributed by atoms with E-state index < -0.39 is 10.0 Å². The molecule has 0 heterocycles. The molecule has 0 aromatic heterocycles. The van der Waals surface area contributed by atoms with Gasteiger partial charge in [-0.2, -0.15) is 0 Å². The van der Waals surface area contributed by atoms with Crippen molar-refractivity contribution in [2.45, 2.75) is 13.3 Å². The van der Waals surface area contributed by atoms with Gasteiger partial charge in [-0.1, -0.05) is 18.2 Å². The average Bonchev–Trinajstić information content (AvgIpc) is 2.59. The highest BCUT2D eigenvalue weighted by Crippen LogP contribution is 2.07. The maximum absolute atomic E-state index is 11.6. The molecule has 7 nitrogen and oxygen atoms in total. The number of nitrogens with one attached hydrogen (secondary N) is 1. The van der Waals surface area contributed by atoms with Crippen molar-refractivity contribution in [3.8, 4) is 5.75 Å². The number of carbonyl (C=O) groups excluding carboxylic acids is 1. The van der Waals surface area contributed by atoms with Gasteiger partial charge in [0.15, 0.2) is 0 Å². The Morgan fingerprint density at radius 1 is 1.21 bits per heavy atom. The molecular weight excluding hydrogens is 332 g/mol. The topological polar surface area (TPSA) is 84.9 Å². The van der Waals surface area contributed by atoms with Gasteiger partial charge in [-0.05, 0) is 25.5 Å². The molecule has 0 saturated heterocycles. The van der Waals surface area contributed by atoms with E-state index in [4.69, 9.17) is 9.47 Å². The Labute approximate surface area is 144 Å². The Morgan fingerprint density at radius 3 is 2.58 bits per heavy atom. The summed E-state index contributed by atoms with van der Waals surface area (Å²) in [6.45, 7) is 3.04. The highest BCUT2D eigenvalue weighted by Gasteiger charge is 2.14. The number of carbonyl (C=O) groups is 1. The summed E-state index contributed by atoms with van der Waals surface area (Å²) in [5.74, 6) is 0.613.